The second-order valence-electron chi connectivity index (χ2n) is 4.97. The lowest BCUT2D eigenvalue weighted by Crippen LogP contribution is -2.50. The number of carbonyl (C=O) groups excluding carboxylic acids is 1. The van der Waals surface area contributed by atoms with Gasteiger partial charge < -0.3 is 10.0 Å². The standard InChI is InChI=1S/C14H18N4O2S/c19-10-9-17-5-7-18(8-6-17)14(20)16-13-15-11-3-1-2-4-12(11)21-13/h1-4,19H,5-10H2,(H,15,16,20). The number of urea groups is 1. The van der Waals surface area contributed by atoms with Crippen molar-refractivity contribution in [2.75, 3.05) is 44.6 Å². The molecule has 112 valence electrons. The number of fused-ring (bicyclic) bond motifs is 1. The third-order valence-corrected chi connectivity index (χ3v) is 4.54. The fourth-order valence-corrected chi connectivity index (χ4v) is 3.27. The molecule has 1 saturated heterocycles. The third kappa shape index (κ3) is 3.31. The number of para-hydroxylation sites is 1. The molecule has 2 heterocycles. The molecule has 0 aliphatic carbocycles. The molecule has 0 unspecified atom stereocenters. The second kappa shape index (κ2) is 6.38. The highest BCUT2D eigenvalue weighted by Crippen LogP contribution is 2.25. The van der Waals surface area contributed by atoms with Crippen molar-refractivity contribution in [1.82, 2.24) is 14.8 Å². The minimum atomic E-state index is -0.0993. The number of thiazole rings is 1. The van der Waals surface area contributed by atoms with Gasteiger partial charge in [0.15, 0.2) is 5.13 Å². The number of aliphatic hydroxyl groups excluding tert-OH is 1. The van der Waals surface area contributed by atoms with Crippen molar-refractivity contribution >= 4 is 32.7 Å². The molecule has 1 aliphatic rings. The van der Waals surface area contributed by atoms with E-state index in [-0.39, 0.29) is 12.6 Å². The first-order valence-corrected chi connectivity index (χ1v) is 7.82. The minimum Gasteiger partial charge on any atom is -0.395 e. The van der Waals surface area contributed by atoms with E-state index in [1.165, 1.54) is 11.3 Å². The predicted molar refractivity (Wildman–Crippen MR) is 83.7 cm³/mol. The molecule has 7 heteroatoms. The number of aromatic nitrogens is 1. The summed E-state index contributed by atoms with van der Waals surface area (Å²) in [7, 11) is 0. The van der Waals surface area contributed by atoms with E-state index >= 15 is 0 Å². The van der Waals surface area contributed by atoms with Gasteiger partial charge in [0.25, 0.3) is 0 Å². The zero-order valence-electron chi connectivity index (χ0n) is 11.7. The van der Waals surface area contributed by atoms with Crippen molar-refractivity contribution in [2.24, 2.45) is 0 Å². The highest BCUT2D eigenvalue weighted by Gasteiger charge is 2.21. The van der Waals surface area contributed by atoms with Crippen molar-refractivity contribution in [2.45, 2.75) is 0 Å². The number of nitrogens with one attached hydrogen (secondary N) is 1. The average Bonchev–Trinajstić information content (AvgIpc) is 2.90. The van der Waals surface area contributed by atoms with Crippen LogP contribution in [0.5, 0.6) is 0 Å². The molecule has 0 saturated carbocycles. The van der Waals surface area contributed by atoms with E-state index in [0.717, 1.165) is 23.3 Å². The highest BCUT2D eigenvalue weighted by atomic mass is 32.1. The number of carbonyl (C=O) groups is 1. The highest BCUT2D eigenvalue weighted by molar-refractivity contribution is 7.22. The van der Waals surface area contributed by atoms with Crippen LogP contribution in [0.2, 0.25) is 0 Å². The molecule has 6 nitrogen and oxygen atoms in total. The summed E-state index contributed by atoms with van der Waals surface area (Å²) in [5.74, 6) is 0. The summed E-state index contributed by atoms with van der Waals surface area (Å²) in [4.78, 5) is 20.6. The van der Waals surface area contributed by atoms with Crippen LogP contribution in [-0.4, -0.2) is 65.3 Å². The molecule has 1 fully saturated rings. The van der Waals surface area contributed by atoms with Gasteiger partial charge in [-0.1, -0.05) is 23.5 Å². The Bertz CT molecular complexity index is 589. The second-order valence-corrected chi connectivity index (χ2v) is 6.00. The van der Waals surface area contributed by atoms with Crippen LogP contribution in [0.1, 0.15) is 0 Å². The molecule has 21 heavy (non-hydrogen) atoms. The monoisotopic (exact) mass is 306 g/mol. The SMILES string of the molecule is O=C(Nc1nc2ccccc2s1)N1CCN(CCO)CC1. The number of amides is 2. The average molecular weight is 306 g/mol. The Morgan fingerprint density at radius 1 is 1.29 bits per heavy atom. The van der Waals surface area contributed by atoms with E-state index in [2.05, 4.69) is 15.2 Å². The summed E-state index contributed by atoms with van der Waals surface area (Å²) in [5, 5.41) is 12.4. The van der Waals surface area contributed by atoms with Crippen LogP contribution in [0.4, 0.5) is 9.93 Å². The van der Waals surface area contributed by atoms with Crippen molar-refractivity contribution in [1.29, 1.82) is 0 Å². The van der Waals surface area contributed by atoms with Gasteiger partial charge in [0.2, 0.25) is 0 Å². The van der Waals surface area contributed by atoms with Crippen molar-refractivity contribution in [3.63, 3.8) is 0 Å². The fraction of sp³-hybridized carbons (Fsp3) is 0.429. The number of nitrogens with zero attached hydrogens (tertiary/aromatic N) is 3. The summed E-state index contributed by atoms with van der Waals surface area (Å²) in [6, 6.07) is 7.74. The summed E-state index contributed by atoms with van der Waals surface area (Å²) >= 11 is 1.49. The maximum Gasteiger partial charge on any atom is 0.323 e. The van der Waals surface area contributed by atoms with E-state index in [9.17, 15) is 4.79 Å². The Kier molecular flexibility index (Phi) is 4.33. The van der Waals surface area contributed by atoms with Crippen molar-refractivity contribution in [3.05, 3.63) is 24.3 Å². The third-order valence-electron chi connectivity index (χ3n) is 3.58. The van der Waals surface area contributed by atoms with Crippen LogP contribution in [0.3, 0.4) is 0 Å². The van der Waals surface area contributed by atoms with Gasteiger partial charge in [-0.05, 0) is 12.1 Å². The first-order valence-electron chi connectivity index (χ1n) is 7.01. The molecule has 0 atom stereocenters. The van der Waals surface area contributed by atoms with Crippen LogP contribution in [0, 0.1) is 0 Å². The molecule has 0 bridgehead atoms. The molecule has 0 radical (unpaired) electrons. The van der Waals surface area contributed by atoms with Gasteiger partial charge in [-0.3, -0.25) is 10.2 Å². The molecule has 1 aromatic heterocycles. The lowest BCUT2D eigenvalue weighted by molar-refractivity contribution is 0.127. The Hall–Kier alpha value is -1.70. The molecule has 2 aromatic rings. The normalized spacial score (nSPS) is 16.3. The van der Waals surface area contributed by atoms with Gasteiger partial charge in [0.1, 0.15) is 0 Å². The first kappa shape index (κ1) is 14.2. The Morgan fingerprint density at radius 2 is 2.05 bits per heavy atom. The van der Waals surface area contributed by atoms with E-state index in [1.807, 2.05) is 24.3 Å². The number of aliphatic hydroxyl groups is 1. The van der Waals surface area contributed by atoms with E-state index in [0.29, 0.717) is 24.8 Å². The summed E-state index contributed by atoms with van der Waals surface area (Å²) in [5.41, 5.74) is 0.908. The van der Waals surface area contributed by atoms with Crippen LogP contribution in [0.25, 0.3) is 10.2 Å². The minimum absolute atomic E-state index is 0.0993. The largest absolute Gasteiger partial charge is 0.395 e. The summed E-state index contributed by atoms with van der Waals surface area (Å²) < 4.78 is 1.07. The number of rotatable bonds is 3. The zero-order valence-corrected chi connectivity index (χ0v) is 12.5. The summed E-state index contributed by atoms with van der Waals surface area (Å²) in [6.07, 6.45) is 0. The van der Waals surface area contributed by atoms with Crippen molar-refractivity contribution < 1.29 is 9.90 Å². The topological polar surface area (TPSA) is 68.7 Å². The van der Waals surface area contributed by atoms with Crippen LogP contribution < -0.4 is 5.32 Å². The number of anilines is 1. The molecule has 1 aromatic carbocycles. The number of piperazine rings is 1. The Labute approximate surface area is 127 Å². The molecule has 2 amide bonds. The van der Waals surface area contributed by atoms with Crippen LogP contribution >= 0.6 is 11.3 Å². The van der Waals surface area contributed by atoms with Gasteiger partial charge in [-0.25, -0.2) is 9.78 Å². The maximum atomic E-state index is 12.2. The Balaban J connectivity index is 1.59. The number of hydrogen-bond donors (Lipinski definition) is 2. The smallest absolute Gasteiger partial charge is 0.323 e. The number of β-amino-alcohol motifs (C(OH)–C–C–N with tert-alkyl or cyclic N) is 1. The first-order chi connectivity index (χ1) is 10.3. The maximum absolute atomic E-state index is 12.2. The molecule has 3 rings (SSSR count). The van der Waals surface area contributed by atoms with Crippen LogP contribution in [0.15, 0.2) is 24.3 Å². The van der Waals surface area contributed by atoms with Crippen LogP contribution in [-0.2, 0) is 0 Å². The molecular weight excluding hydrogens is 288 g/mol. The van der Waals surface area contributed by atoms with E-state index < -0.39 is 0 Å². The fourth-order valence-electron chi connectivity index (χ4n) is 2.41. The predicted octanol–water partition coefficient (Wildman–Crippen LogP) is 1.44. The van der Waals surface area contributed by atoms with Gasteiger partial charge >= 0.3 is 6.03 Å². The molecule has 2 N–H and O–H groups in total. The van der Waals surface area contributed by atoms with Gasteiger partial charge in [0.05, 0.1) is 16.8 Å². The van der Waals surface area contributed by atoms with Gasteiger partial charge in [-0.2, -0.15) is 0 Å². The molecular formula is C14H18N4O2S. The van der Waals surface area contributed by atoms with E-state index in [1.54, 1.807) is 4.90 Å². The summed E-state index contributed by atoms with van der Waals surface area (Å²) in [6.45, 7) is 3.79. The van der Waals surface area contributed by atoms with Crippen molar-refractivity contribution in [3.8, 4) is 0 Å². The van der Waals surface area contributed by atoms with E-state index in [4.69, 9.17) is 5.11 Å². The van der Waals surface area contributed by atoms with Gasteiger partial charge in [-0.15, -0.1) is 0 Å². The lowest BCUT2D eigenvalue weighted by Gasteiger charge is -2.34. The quantitative estimate of drug-likeness (QED) is 0.900. The number of hydrogen-bond acceptors (Lipinski definition) is 5. The zero-order chi connectivity index (χ0) is 14.7. The van der Waals surface area contributed by atoms with Gasteiger partial charge in [0, 0.05) is 32.7 Å². The molecule has 0 spiro atoms. The molecule has 1 aliphatic heterocycles. The number of benzene rings is 1. The lowest BCUT2D eigenvalue weighted by atomic mass is 10.3. The Morgan fingerprint density at radius 3 is 2.76 bits per heavy atom.